The molecular weight excluding hydrogens is 328 g/mol. The van der Waals surface area contributed by atoms with Crippen LogP contribution in [-0.2, 0) is 16.6 Å². The van der Waals surface area contributed by atoms with Gasteiger partial charge in [0.25, 0.3) is 0 Å². The fraction of sp³-hybridized carbons (Fsp3) is 0.353. The van der Waals surface area contributed by atoms with Crippen molar-refractivity contribution in [3.63, 3.8) is 0 Å². The third-order valence-corrected chi connectivity index (χ3v) is 4.70. The third-order valence-electron chi connectivity index (χ3n) is 4.47. The van der Waals surface area contributed by atoms with Crippen molar-refractivity contribution in [1.82, 2.24) is 14.7 Å². The number of likely N-dealkylation sites (tertiary alicyclic amines) is 1. The molecule has 0 radical (unpaired) electrons. The highest BCUT2D eigenvalue weighted by Crippen LogP contribution is 2.39. The number of carbonyl (C=O) groups excluding carboxylic acids is 2. The third kappa shape index (κ3) is 2.89. The van der Waals surface area contributed by atoms with Crippen LogP contribution in [0.15, 0.2) is 36.5 Å². The second-order valence-electron chi connectivity index (χ2n) is 6.06. The van der Waals surface area contributed by atoms with E-state index in [4.69, 9.17) is 11.6 Å². The fourth-order valence-electron chi connectivity index (χ4n) is 3.18. The maximum Gasteiger partial charge on any atom is 0.234 e. The van der Waals surface area contributed by atoms with Crippen LogP contribution >= 0.6 is 11.6 Å². The molecule has 1 aromatic heterocycles. The lowest BCUT2D eigenvalue weighted by atomic mass is 9.92. The van der Waals surface area contributed by atoms with Crippen LogP contribution in [0.4, 0.5) is 5.82 Å². The monoisotopic (exact) mass is 346 g/mol. The smallest absolute Gasteiger partial charge is 0.234 e. The number of anilines is 1. The number of nitrogens with zero attached hydrogens (tertiary/aromatic N) is 4. The summed E-state index contributed by atoms with van der Waals surface area (Å²) in [6.45, 7) is 0. The normalized spacial score (nSPS) is 20.5. The van der Waals surface area contributed by atoms with Gasteiger partial charge in [-0.15, -0.1) is 0 Å². The van der Waals surface area contributed by atoms with Gasteiger partial charge in [0.15, 0.2) is 5.82 Å². The van der Waals surface area contributed by atoms with E-state index >= 15 is 0 Å². The van der Waals surface area contributed by atoms with E-state index in [1.165, 1.54) is 4.90 Å². The Morgan fingerprint density at radius 3 is 2.71 bits per heavy atom. The number of hydrogen-bond acceptors (Lipinski definition) is 3. The van der Waals surface area contributed by atoms with Gasteiger partial charge in [0.1, 0.15) is 0 Å². The number of aromatic nitrogens is 2. The van der Waals surface area contributed by atoms with E-state index in [9.17, 15) is 9.59 Å². The second-order valence-corrected chi connectivity index (χ2v) is 6.50. The minimum Gasteiger partial charge on any atom is -0.338 e. The number of hydrogen-bond donors (Lipinski definition) is 0. The quantitative estimate of drug-likeness (QED) is 0.856. The summed E-state index contributed by atoms with van der Waals surface area (Å²) < 4.78 is 1.64. The summed E-state index contributed by atoms with van der Waals surface area (Å²) >= 11 is 6.08. The van der Waals surface area contributed by atoms with Crippen molar-refractivity contribution in [2.24, 2.45) is 13.0 Å². The molecule has 1 aliphatic heterocycles. The second kappa shape index (κ2) is 6.28. The van der Waals surface area contributed by atoms with Gasteiger partial charge < -0.3 is 4.90 Å². The van der Waals surface area contributed by atoms with E-state index < -0.39 is 5.92 Å². The van der Waals surface area contributed by atoms with Gasteiger partial charge in [-0.25, -0.2) is 0 Å². The molecule has 24 heavy (non-hydrogen) atoms. The predicted octanol–water partition coefficient (Wildman–Crippen LogP) is 2.26. The van der Waals surface area contributed by atoms with Gasteiger partial charge in [0, 0.05) is 44.8 Å². The van der Waals surface area contributed by atoms with Crippen molar-refractivity contribution in [2.75, 3.05) is 19.0 Å². The fourth-order valence-corrected chi connectivity index (χ4v) is 3.38. The lowest BCUT2D eigenvalue weighted by molar-refractivity contribution is -0.128. The SMILES string of the molecule is CN(C(=O)[C@@H]1CC(=O)N(C)[C@H]1c1cccc(Cl)c1)c1ccn(C)n1. The lowest BCUT2D eigenvalue weighted by Gasteiger charge is -2.27. The summed E-state index contributed by atoms with van der Waals surface area (Å²) in [5.74, 6) is -0.0774. The summed E-state index contributed by atoms with van der Waals surface area (Å²) in [5, 5.41) is 4.84. The van der Waals surface area contributed by atoms with Crippen LogP contribution in [0.25, 0.3) is 0 Å². The number of aryl methyl sites for hydroxylation is 1. The molecular formula is C17H19ClN4O2. The molecule has 2 aromatic rings. The molecule has 0 bridgehead atoms. The van der Waals surface area contributed by atoms with E-state index in [0.717, 1.165) is 5.56 Å². The molecule has 1 aromatic carbocycles. The highest BCUT2D eigenvalue weighted by Gasteiger charge is 2.44. The van der Waals surface area contributed by atoms with E-state index in [1.54, 1.807) is 49.1 Å². The molecule has 2 heterocycles. The van der Waals surface area contributed by atoms with Crippen LogP contribution in [0, 0.1) is 5.92 Å². The molecule has 1 fully saturated rings. The van der Waals surface area contributed by atoms with Crippen LogP contribution < -0.4 is 4.90 Å². The zero-order valence-corrected chi connectivity index (χ0v) is 14.6. The molecule has 0 saturated carbocycles. The Kier molecular flexibility index (Phi) is 4.32. The zero-order valence-electron chi connectivity index (χ0n) is 13.8. The Morgan fingerprint density at radius 2 is 2.08 bits per heavy atom. The van der Waals surface area contributed by atoms with Gasteiger partial charge in [0.2, 0.25) is 11.8 Å². The van der Waals surface area contributed by atoms with Crippen molar-refractivity contribution in [3.05, 3.63) is 47.1 Å². The maximum absolute atomic E-state index is 13.0. The van der Waals surface area contributed by atoms with Crippen LogP contribution in [0.3, 0.4) is 0 Å². The zero-order chi connectivity index (χ0) is 17.4. The Hall–Kier alpha value is -2.34. The van der Waals surface area contributed by atoms with Crippen molar-refractivity contribution in [3.8, 4) is 0 Å². The largest absolute Gasteiger partial charge is 0.338 e. The number of benzene rings is 1. The predicted molar refractivity (Wildman–Crippen MR) is 91.7 cm³/mol. The van der Waals surface area contributed by atoms with Gasteiger partial charge in [-0.3, -0.25) is 19.2 Å². The lowest BCUT2D eigenvalue weighted by Crippen LogP contribution is -2.36. The minimum atomic E-state index is -0.465. The number of rotatable bonds is 3. The molecule has 6 nitrogen and oxygen atoms in total. The standard InChI is InChI=1S/C17H19ClN4O2/c1-20-8-7-14(19-20)21(2)17(24)13-10-15(23)22(3)16(13)11-5-4-6-12(18)9-11/h4-9,13,16H,10H2,1-3H3/t13-,16+/m1/s1. The van der Waals surface area contributed by atoms with Gasteiger partial charge in [-0.2, -0.15) is 5.10 Å². The molecule has 0 unspecified atom stereocenters. The summed E-state index contributed by atoms with van der Waals surface area (Å²) in [6, 6.07) is 8.76. The van der Waals surface area contributed by atoms with Gasteiger partial charge >= 0.3 is 0 Å². The first-order valence-electron chi connectivity index (χ1n) is 7.67. The molecule has 7 heteroatoms. The Labute approximate surface area is 145 Å². The summed E-state index contributed by atoms with van der Waals surface area (Å²) in [5.41, 5.74) is 0.864. The van der Waals surface area contributed by atoms with Crippen molar-refractivity contribution < 1.29 is 9.59 Å². The maximum atomic E-state index is 13.0. The van der Waals surface area contributed by atoms with Crippen LogP contribution in [0.5, 0.6) is 0 Å². The molecule has 1 saturated heterocycles. The van der Waals surface area contributed by atoms with E-state index in [1.807, 2.05) is 18.2 Å². The Morgan fingerprint density at radius 1 is 1.33 bits per heavy atom. The molecule has 0 aliphatic carbocycles. The molecule has 1 aliphatic rings. The van der Waals surface area contributed by atoms with Crippen molar-refractivity contribution in [2.45, 2.75) is 12.5 Å². The van der Waals surface area contributed by atoms with Gasteiger partial charge in [-0.1, -0.05) is 23.7 Å². The molecule has 0 N–H and O–H groups in total. The Bertz CT molecular complexity index is 788. The highest BCUT2D eigenvalue weighted by atomic mass is 35.5. The van der Waals surface area contributed by atoms with Gasteiger partial charge in [0.05, 0.1) is 12.0 Å². The number of carbonyl (C=O) groups is 2. The molecule has 2 atom stereocenters. The van der Waals surface area contributed by atoms with Gasteiger partial charge in [-0.05, 0) is 17.7 Å². The van der Waals surface area contributed by atoms with Crippen LogP contribution in [0.2, 0.25) is 5.02 Å². The first kappa shape index (κ1) is 16.5. The molecule has 0 spiro atoms. The molecule has 126 valence electrons. The van der Waals surface area contributed by atoms with E-state index in [0.29, 0.717) is 10.8 Å². The van der Waals surface area contributed by atoms with Crippen molar-refractivity contribution >= 4 is 29.2 Å². The summed E-state index contributed by atoms with van der Waals surface area (Å²) in [7, 11) is 5.20. The topological polar surface area (TPSA) is 58.4 Å². The Balaban J connectivity index is 1.92. The number of amides is 2. The average Bonchev–Trinajstić information content (AvgIpc) is 3.10. The average molecular weight is 347 g/mol. The minimum absolute atomic E-state index is 0.0484. The highest BCUT2D eigenvalue weighted by molar-refractivity contribution is 6.30. The molecule has 3 rings (SSSR count). The van der Waals surface area contributed by atoms with E-state index in [-0.39, 0.29) is 24.3 Å². The van der Waals surface area contributed by atoms with Crippen LogP contribution in [-0.4, -0.2) is 40.6 Å². The number of halogens is 1. The van der Waals surface area contributed by atoms with E-state index in [2.05, 4.69) is 5.10 Å². The summed E-state index contributed by atoms with van der Waals surface area (Å²) in [4.78, 5) is 28.3. The first-order chi connectivity index (χ1) is 11.4. The van der Waals surface area contributed by atoms with Crippen LogP contribution in [0.1, 0.15) is 18.0 Å². The first-order valence-corrected chi connectivity index (χ1v) is 8.04. The molecule has 2 amide bonds. The summed E-state index contributed by atoms with van der Waals surface area (Å²) in [6.07, 6.45) is 1.96. The van der Waals surface area contributed by atoms with Crippen molar-refractivity contribution in [1.29, 1.82) is 0 Å².